The van der Waals surface area contributed by atoms with Gasteiger partial charge in [-0.25, -0.2) is 4.79 Å². The van der Waals surface area contributed by atoms with E-state index in [1.165, 1.54) is 42.5 Å². The number of rotatable bonds is 4. The van der Waals surface area contributed by atoms with E-state index in [-0.39, 0.29) is 33.2 Å². The lowest BCUT2D eigenvalue weighted by Crippen LogP contribution is -2.52. The van der Waals surface area contributed by atoms with E-state index in [4.69, 9.17) is 27.9 Å². The molecule has 1 spiro atoms. The van der Waals surface area contributed by atoms with E-state index in [9.17, 15) is 24.3 Å². The third-order valence-electron chi connectivity index (χ3n) is 6.35. The van der Waals surface area contributed by atoms with Crippen LogP contribution in [0.25, 0.3) is 0 Å². The van der Waals surface area contributed by atoms with Crippen LogP contribution in [0.5, 0.6) is 0 Å². The molecule has 3 amide bonds. The van der Waals surface area contributed by atoms with Gasteiger partial charge in [0.15, 0.2) is 17.1 Å². The quantitative estimate of drug-likeness (QED) is 0.314. The number of nitrogens with zero attached hydrogens (tertiary/aromatic N) is 1. The SMILES string of the molecule is CC(C)(C)OC(=O)Nc1cccc(C(=O)C2=C(O)C(=O)N(c3cccc(Cl)c3)C23C(=O)Nc2cc(Cl)ccc23)c1. The number of halogens is 2. The zero-order chi connectivity index (χ0) is 29.0. The van der Waals surface area contributed by atoms with Crippen LogP contribution in [0.4, 0.5) is 21.9 Å². The van der Waals surface area contributed by atoms with Gasteiger partial charge in [0.25, 0.3) is 11.8 Å². The Labute approximate surface area is 239 Å². The smallest absolute Gasteiger partial charge is 0.412 e. The lowest BCUT2D eigenvalue weighted by molar-refractivity contribution is -0.123. The average Bonchev–Trinajstić information content (AvgIpc) is 3.27. The van der Waals surface area contributed by atoms with Crippen molar-refractivity contribution in [2.75, 3.05) is 15.5 Å². The summed E-state index contributed by atoms with van der Waals surface area (Å²) in [5, 5.41) is 17.0. The number of nitrogens with one attached hydrogen (secondary N) is 2. The summed E-state index contributed by atoms with van der Waals surface area (Å²) >= 11 is 12.4. The van der Waals surface area contributed by atoms with E-state index >= 15 is 0 Å². The van der Waals surface area contributed by atoms with Gasteiger partial charge in [-0.15, -0.1) is 0 Å². The number of fused-ring (bicyclic) bond motifs is 2. The molecule has 11 heteroatoms. The fraction of sp³-hybridized carbons (Fsp3) is 0.172. The molecule has 0 aliphatic carbocycles. The minimum atomic E-state index is -2.07. The Hall–Kier alpha value is -4.34. The summed E-state index contributed by atoms with van der Waals surface area (Å²) in [6, 6.07) is 16.6. The van der Waals surface area contributed by atoms with Gasteiger partial charge in [-0.05, 0) is 63.2 Å². The van der Waals surface area contributed by atoms with E-state index in [0.29, 0.717) is 5.02 Å². The van der Waals surface area contributed by atoms with Gasteiger partial charge in [0.2, 0.25) is 0 Å². The summed E-state index contributed by atoms with van der Waals surface area (Å²) in [6.07, 6.45) is -0.736. The molecule has 0 aromatic heterocycles. The first kappa shape index (κ1) is 27.2. The van der Waals surface area contributed by atoms with Crippen molar-refractivity contribution in [1.82, 2.24) is 0 Å². The molecule has 3 N–H and O–H groups in total. The minimum absolute atomic E-state index is 0.00504. The van der Waals surface area contributed by atoms with Crippen LogP contribution in [0, 0.1) is 0 Å². The number of ether oxygens (including phenoxy) is 1. The third-order valence-corrected chi connectivity index (χ3v) is 6.82. The molecule has 0 saturated heterocycles. The predicted molar refractivity (Wildman–Crippen MR) is 151 cm³/mol. The summed E-state index contributed by atoms with van der Waals surface area (Å²) < 4.78 is 5.27. The minimum Gasteiger partial charge on any atom is -0.503 e. The second-order valence-corrected chi connectivity index (χ2v) is 11.1. The van der Waals surface area contributed by atoms with Gasteiger partial charge in [-0.1, -0.05) is 47.5 Å². The fourth-order valence-corrected chi connectivity index (χ4v) is 5.25. The molecule has 2 aliphatic heterocycles. The predicted octanol–water partition coefficient (Wildman–Crippen LogP) is 6.23. The number of benzene rings is 3. The van der Waals surface area contributed by atoms with Crippen LogP contribution >= 0.6 is 23.2 Å². The number of aliphatic hydroxyl groups is 1. The fourth-order valence-electron chi connectivity index (χ4n) is 4.89. The molecule has 1 atom stereocenters. The normalized spacial score (nSPS) is 18.2. The van der Waals surface area contributed by atoms with Crippen molar-refractivity contribution in [2.45, 2.75) is 31.9 Å². The van der Waals surface area contributed by atoms with E-state index in [0.717, 1.165) is 4.90 Å². The zero-order valence-electron chi connectivity index (χ0n) is 21.5. The van der Waals surface area contributed by atoms with Crippen molar-refractivity contribution in [3.05, 3.63) is 99.2 Å². The summed E-state index contributed by atoms with van der Waals surface area (Å²) in [5.74, 6) is -3.41. The van der Waals surface area contributed by atoms with Crippen LogP contribution in [0.15, 0.2) is 78.1 Å². The Morgan fingerprint density at radius 2 is 1.68 bits per heavy atom. The van der Waals surface area contributed by atoms with Crippen molar-refractivity contribution >= 4 is 64.0 Å². The monoisotopic (exact) mass is 579 g/mol. The Balaban J connectivity index is 1.66. The molecule has 1 unspecified atom stereocenters. The first-order valence-corrected chi connectivity index (χ1v) is 12.9. The second-order valence-electron chi connectivity index (χ2n) is 10.2. The first-order valence-electron chi connectivity index (χ1n) is 12.1. The number of hydrogen-bond donors (Lipinski definition) is 3. The molecule has 40 heavy (non-hydrogen) atoms. The van der Waals surface area contributed by atoms with Crippen molar-refractivity contribution < 1.29 is 29.0 Å². The van der Waals surface area contributed by atoms with Crippen molar-refractivity contribution in [3.8, 4) is 0 Å². The van der Waals surface area contributed by atoms with E-state index < -0.39 is 46.2 Å². The van der Waals surface area contributed by atoms with Gasteiger partial charge in [-0.3, -0.25) is 24.6 Å². The molecule has 0 saturated carbocycles. The van der Waals surface area contributed by atoms with Crippen LogP contribution in [0.1, 0.15) is 36.7 Å². The van der Waals surface area contributed by atoms with Crippen molar-refractivity contribution in [2.24, 2.45) is 0 Å². The van der Waals surface area contributed by atoms with Crippen LogP contribution in [-0.4, -0.2) is 34.4 Å². The second kappa shape index (κ2) is 9.69. The molecule has 0 bridgehead atoms. The molecule has 0 radical (unpaired) electrons. The standard InChI is InChI=1S/C29H23Cl2N3O6/c1-28(2,3)40-27(39)32-18-8-4-6-15(12-18)23(35)22-24(36)25(37)34(19-9-5-7-16(30)13-19)29(22)20-11-10-17(31)14-21(20)33-26(29)38/h4-14,36H,1-3H3,(H,32,39)(H,33,38). The van der Waals surface area contributed by atoms with Gasteiger partial charge in [-0.2, -0.15) is 0 Å². The third kappa shape index (κ3) is 4.47. The van der Waals surface area contributed by atoms with Gasteiger partial charge in [0.1, 0.15) is 5.60 Å². The summed E-state index contributed by atoms with van der Waals surface area (Å²) in [5.41, 5.74) is -2.34. The summed E-state index contributed by atoms with van der Waals surface area (Å²) in [7, 11) is 0. The number of ketones is 1. The van der Waals surface area contributed by atoms with Gasteiger partial charge in [0, 0.05) is 38.2 Å². The number of carbonyl (C=O) groups excluding carboxylic acids is 4. The number of carbonyl (C=O) groups is 4. The Bertz CT molecular complexity index is 1640. The van der Waals surface area contributed by atoms with E-state index in [1.54, 1.807) is 45.0 Å². The largest absolute Gasteiger partial charge is 0.503 e. The van der Waals surface area contributed by atoms with E-state index in [2.05, 4.69) is 10.6 Å². The Morgan fingerprint density at radius 3 is 2.38 bits per heavy atom. The van der Waals surface area contributed by atoms with Gasteiger partial charge >= 0.3 is 6.09 Å². The molecule has 9 nitrogen and oxygen atoms in total. The van der Waals surface area contributed by atoms with Crippen LogP contribution in [0.2, 0.25) is 10.0 Å². The average molecular weight is 580 g/mol. The topological polar surface area (TPSA) is 125 Å². The molecule has 204 valence electrons. The van der Waals surface area contributed by atoms with Crippen molar-refractivity contribution in [1.29, 1.82) is 0 Å². The number of Topliss-reactive ketones (excluding diaryl/α,β-unsaturated/α-hetero) is 1. The molecule has 2 heterocycles. The van der Waals surface area contributed by atoms with Crippen LogP contribution in [0.3, 0.4) is 0 Å². The highest BCUT2D eigenvalue weighted by Crippen LogP contribution is 2.53. The van der Waals surface area contributed by atoms with Gasteiger partial charge < -0.3 is 15.2 Å². The lowest BCUT2D eigenvalue weighted by Gasteiger charge is -2.35. The first-order chi connectivity index (χ1) is 18.8. The molecule has 2 aliphatic rings. The molecule has 0 fully saturated rings. The highest BCUT2D eigenvalue weighted by atomic mass is 35.5. The van der Waals surface area contributed by atoms with Crippen LogP contribution < -0.4 is 15.5 Å². The number of amides is 3. The summed E-state index contributed by atoms with van der Waals surface area (Å²) in [6.45, 7) is 5.13. The Kier molecular flexibility index (Phi) is 6.60. The number of hydrogen-bond acceptors (Lipinski definition) is 6. The maximum absolute atomic E-state index is 14.1. The molecule has 3 aromatic rings. The summed E-state index contributed by atoms with van der Waals surface area (Å²) in [4.78, 5) is 55.0. The molecular weight excluding hydrogens is 557 g/mol. The van der Waals surface area contributed by atoms with Crippen LogP contribution in [-0.2, 0) is 19.9 Å². The number of anilines is 3. The molecule has 3 aromatic carbocycles. The highest BCUT2D eigenvalue weighted by molar-refractivity contribution is 6.34. The number of aliphatic hydroxyl groups excluding tert-OH is 1. The highest BCUT2D eigenvalue weighted by Gasteiger charge is 2.64. The van der Waals surface area contributed by atoms with Gasteiger partial charge in [0.05, 0.1) is 5.57 Å². The lowest BCUT2D eigenvalue weighted by atomic mass is 9.80. The van der Waals surface area contributed by atoms with E-state index in [1.807, 2.05) is 0 Å². The Morgan fingerprint density at radius 1 is 0.975 bits per heavy atom. The maximum Gasteiger partial charge on any atom is 0.412 e. The molecule has 5 rings (SSSR count). The zero-order valence-corrected chi connectivity index (χ0v) is 23.1. The maximum atomic E-state index is 14.1. The van der Waals surface area contributed by atoms with Crippen molar-refractivity contribution in [3.63, 3.8) is 0 Å². The molecular formula is C29H23Cl2N3O6.